The molecule has 0 aromatic carbocycles. The summed E-state index contributed by atoms with van der Waals surface area (Å²) in [6.45, 7) is 0.966. The van der Waals surface area contributed by atoms with E-state index in [9.17, 15) is 10.1 Å². The lowest BCUT2D eigenvalue weighted by Crippen LogP contribution is -2.26. The maximum atomic E-state index is 10.8. The second-order valence-electron chi connectivity index (χ2n) is 4.01. The Kier molecular flexibility index (Phi) is 4.33. The van der Waals surface area contributed by atoms with Crippen molar-refractivity contribution in [3.05, 3.63) is 27.4 Å². The Morgan fingerprint density at radius 2 is 2.39 bits per heavy atom. The fourth-order valence-electron chi connectivity index (χ4n) is 1.77. The van der Waals surface area contributed by atoms with Crippen molar-refractivity contribution in [1.29, 1.82) is 0 Å². The molecule has 0 N–H and O–H groups in total. The van der Waals surface area contributed by atoms with E-state index in [4.69, 9.17) is 21.1 Å². The van der Waals surface area contributed by atoms with E-state index in [2.05, 4.69) is 4.98 Å². The van der Waals surface area contributed by atoms with Gasteiger partial charge in [0, 0.05) is 12.7 Å². The highest BCUT2D eigenvalue weighted by Gasteiger charge is 2.20. The van der Waals surface area contributed by atoms with E-state index >= 15 is 0 Å². The molecule has 2 heterocycles. The molecular formula is C11H13ClN2O4. The van der Waals surface area contributed by atoms with Gasteiger partial charge in [-0.2, -0.15) is 4.98 Å². The zero-order valence-corrected chi connectivity index (χ0v) is 10.4. The Hall–Kier alpha value is -1.40. The lowest BCUT2D eigenvalue weighted by molar-refractivity contribution is -0.386. The number of pyridine rings is 1. The van der Waals surface area contributed by atoms with Crippen LogP contribution in [-0.4, -0.2) is 29.2 Å². The highest BCUT2D eigenvalue weighted by Crippen LogP contribution is 2.26. The lowest BCUT2D eigenvalue weighted by atomic mass is 10.1. The van der Waals surface area contributed by atoms with Crippen molar-refractivity contribution in [2.24, 2.45) is 0 Å². The highest BCUT2D eigenvalue weighted by atomic mass is 35.5. The van der Waals surface area contributed by atoms with Crippen molar-refractivity contribution >= 4 is 17.3 Å². The molecule has 0 saturated carbocycles. The van der Waals surface area contributed by atoms with Crippen molar-refractivity contribution in [1.82, 2.24) is 4.98 Å². The Morgan fingerprint density at radius 1 is 1.56 bits per heavy atom. The van der Waals surface area contributed by atoms with Gasteiger partial charge in [0.2, 0.25) is 0 Å². The van der Waals surface area contributed by atoms with Gasteiger partial charge in [0.05, 0.1) is 11.0 Å². The summed E-state index contributed by atoms with van der Waals surface area (Å²) >= 11 is 5.70. The summed E-state index contributed by atoms with van der Waals surface area (Å²) < 4.78 is 10.8. The number of rotatable bonds is 4. The van der Waals surface area contributed by atoms with Crippen LogP contribution >= 0.6 is 11.6 Å². The van der Waals surface area contributed by atoms with Crippen molar-refractivity contribution in [2.75, 3.05) is 13.2 Å². The van der Waals surface area contributed by atoms with Gasteiger partial charge >= 0.3 is 5.69 Å². The third-order valence-electron chi connectivity index (χ3n) is 2.68. The van der Waals surface area contributed by atoms with Crippen LogP contribution in [0.1, 0.15) is 19.3 Å². The number of ether oxygens (including phenoxy) is 2. The van der Waals surface area contributed by atoms with Crippen LogP contribution in [0.2, 0.25) is 5.15 Å². The molecule has 0 radical (unpaired) electrons. The zero-order valence-electron chi connectivity index (χ0n) is 9.67. The van der Waals surface area contributed by atoms with Gasteiger partial charge in [-0.25, -0.2) is 0 Å². The number of halogens is 1. The summed E-state index contributed by atoms with van der Waals surface area (Å²) in [5, 5.41) is 11.0. The van der Waals surface area contributed by atoms with Gasteiger partial charge in [-0.1, -0.05) is 11.6 Å². The van der Waals surface area contributed by atoms with E-state index < -0.39 is 4.92 Å². The maximum Gasteiger partial charge on any atom is 0.331 e. The first kappa shape index (κ1) is 13.0. The van der Waals surface area contributed by atoms with E-state index in [1.54, 1.807) is 0 Å². The molecule has 98 valence electrons. The van der Waals surface area contributed by atoms with Gasteiger partial charge in [-0.05, 0) is 25.3 Å². The molecule has 18 heavy (non-hydrogen) atoms. The summed E-state index contributed by atoms with van der Waals surface area (Å²) in [7, 11) is 0. The fraction of sp³-hybridized carbons (Fsp3) is 0.545. The number of nitrogens with zero attached hydrogens (tertiary/aromatic N) is 2. The summed E-state index contributed by atoms with van der Waals surface area (Å²) in [5.41, 5.74) is -0.185. The van der Waals surface area contributed by atoms with Crippen molar-refractivity contribution < 1.29 is 14.4 Å². The van der Waals surface area contributed by atoms with E-state index in [0.717, 1.165) is 19.3 Å². The molecule has 1 aliphatic heterocycles. The minimum Gasteiger partial charge on any atom is -0.470 e. The molecule has 7 heteroatoms. The lowest BCUT2D eigenvalue weighted by Gasteiger charge is -2.22. The van der Waals surface area contributed by atoms with Gasteiger partial charge in [-0.15, -0.1) is 0 Å². The first-order valence-electron chi connectivity index (χ1n) is 5.72. The van der Waals surface area contributed by atoms with Gasteiger partial charge < -0.3 is 9.47 Å². The predicted octanol–water partition coefficient (Wildman–Crippen LogP) is 2.59. The average molecular weight is 273 g/mol. The topological polar surface area (TPSA) is 74.5 Å². The standard InChI is InChI=1S/C11H13ClN2O4/c12-10-5-4-9(14(15)16)11(13-10)18-7-8-3-1-2-6-17-8/h4-5,8H,1-3,6-7H2. The molecule has 2 rings (SSSR count). The smallest absolute Gasteiger partial charge is 0.331 e. The van der Waals surface area contributed by atoms with Crippen LogP contribution in [0.5, 0.6) is 5.88 Å². The zero-order chi connectivity index (χ0) is 13.0. The molecule has 0 amide bonds. The van der Waals surface area contributed by atoms with Crippen LogP contribution in [0.15, 0.2) is 12.1 Å². The van der Waals surface area contributed by atoms with E-state index in [1.165, 1.54) is 12.1 Å². The monoisotopic (exact) mass is 272 g/mol. The summed E-state index contributed by atoms with van der Waals surface area (Å²) in [4.78, 5) is 14.1. The summed E-state index contributed by atoms with van der Waals surface area (Å²) in [6.07, 6.45) is 3.00. The van der Waals surface area contributed by atoms with Crippen LogP contribution in [0.3, 0.4) is 0 Å². The molecule has 1 aromatic rings. The number of hydrogen-bond donors (Lipinski definition) is 0. The predicted molar refractivity (Wildman–Crippen MR) is 65.0 cm³/mol. The Bertz CT molecular complexity index is 435. The van der Waals surface area contributed by atoms with E-state index in [1.807, 2.05) is 0 Å². The summed E-state index contributed by atoms with van der Waals surface area (Å²) in [6, 6.07) is 2.65. The number of nitro groups is 1. The van der Waals surface area contributed by atoms with Crippen LogP contribution in [0.25, 0.3) is 0 Å². The fourth-order valence-corrected chi connectivity index (χ4v) is 1.91. The molecule has 0 aliphatic carbocycles. The molecule has 1 saturated heterocycles. The number of hydrogen-bond acceptors (Lipinski definition) is 5. The van der Waals surface area contributed by atoms with Gasteiger partial charge in [0.1, 0.15) is 11.8 Å². The molecule has 0 bridgehead atoms. The molecule has 6 nitrogen and oxygen atoms in total. The van der Waals surface area contributed by atoms with Crippen LogP contribution in [0.4, 0.5) is 5.69 Å². The molecule has 1 aliphatic rings. The molecule has 1 aromatic heterocycles. The normalized spacial score (nSPS) is 19.5. The SMILES string of the molecule is O=[N+]([O-])c1ccc(Cl)nc1OCC1CCCCO1. The Labute approximate surface area is 109 Å². The first-order chi connectivity index (χ1) is 8.66. The molecule has 0 spiro atoms. The molecular weight excluding hydrogens is 260 g/mol. The largest absolute Gasteiger partial charge is 0.470 e. The van der Waals surface area contributed by atoms with Gasteiger partial charge in [-0.3, -0.25) is 10.1 Å². The quantitative estimate of drug-likeness (QED) is 0.478. The van der Waals surface area contributed by atoms with Gasteiger partial charge in [0.15, 0.2) is 0 Å². The highest BCUT2D eigenvalue weighted by molar-refractivity contribution is 6.29. The Morgan fingerprint density at radius 3 is 3.06 bits per heavy atom. The Balaban J connectivity index is 2.03. The van der Waals surface area contributed by atoms with Gasteiger partial charge in [0.25, 0.3) is 5.88 Å². The van der Waals surface area contributed by atoms with Crippen molar-refractivity contribution in [2.45, 2.75) is 25.4 Å². The summed E-state index contributed by atoms with van der Waals surface area (Å²) in [5.74, 6) is -0.0540. The molecule has 1 unspecified atom stereocenters. The van der Waals surface area contributed by atoms with E-state index in [0.29, 0.717) is 6.61 Å². The second kappa shape index (κ2) is 5.97. The third-order valence-corrected chi connectivity index (χ3v) is 2.89. The second-order valence-corrected chi connectivity index (χ2v) is 4.40. The van der Waals surface area contributed by atoms with Crippen LogP contribution in [0, 0.1) is 10.1 Å². The maximum absolute atomic E-state index is 10.8. The minimum absolute atomic E-state index is 0.0286. The van der Waals surface area contributed by atoms with Crippen molar-refractivity contribution in [3.8, 4) is 5.88 Å². The number of aromatic nitrogens is 1. The third kappa shape index (κ3) is 3.30. The van der Waals surface area contributed by atoms with Crippen molar-refractivity contribution in [3.63, 3.8) is 0 Å². The van der Waals surface area contributed by atoms with E-state index in [-0.39, 0.29) is 29.4 Å². The molecule has 1 atom stereocenters. The average Bonchev–Trinajstić information content (AvgIpc) is 2.37. The minimum atomic E-state index is -0.541. The van der Waals surface area contributed by atoms with Crippen LogP contribution in [-0.2, 0) is 4.74 Å². The molecule has 1 fully saturated rings. The first-order valence-corrected chi connectivity index (χ1v) is 6.10. The van der Waals surface area contributed by atoms with Crippen LogP contribution < -0.4 is 4.74 Å².